The average molecular weight is 299 g/mol. The van der Waals surface area contributed by atoms with Crippen LogP contribution in [0.1, 0.15) is 33.1 Å². The van der Waals surface area contributed by atoms with Gasteiger partial charge in [0.2, 0.25) is 5.91 Å². The van der Waals surface area contributed by atoms with E-state index in [1.807, 2.05) is 13.8 Å². The SMILES string of the molecule is COC(=O)CCC(=O)N1CCCN(C(=O)NC(C)C)CC1. The maximum Gasteiger partial charge on any atom is 0.317 e. The standard InChI is InChI=1S/C14H25N3O4/c1-11(2)15-14(20)17-8-4-7-16(9-10-17)12(18)5-6-13(19)21-3/h11H,4-10H2,1-3H3,(H,15,20). The Hall–Kier alpha value is -1.79. The zero-order valence-corrected chi connectivity index (χ0v) is 13.1. The van der Waals surface area contributed by atoms with Crippen LogP contribution < -0.4 is 5.32 Å². The van der Waals surface area contributed by atoms with E-state index in [1.54, 1.807) is 9.80 Å². The Kier molecular flexibility index (Phi) is 6.98. The summed E-state index contributed by atoms with van der Waals surface area (Å²) in [5, 5.41) is 2.85. The molecule has 1 aliphatic rings. The lowest BCUT2D eigenvalue weighted by molar-refractivity contribution is -0.143. The Balaban J connectivity index is 2.43. The van der Waals surface area contributed by atoms with Gasteiger partial charge in [-0.25, -0.2) is 4.79 Å². The lowest BCUT2D eigenvalue weighted by atomic mass is 10.2. The lowest BCUT2D eigenvalue weighted by Gasteiger charge is -2.23. The number of nitrogens with one attached hydrogen (secondary N) is 1. The molecule has 1 heterocycles. The summed E-state index contributed by atoms with van der Waals surface area (Å²) in [5.41, 5.74) is 0. The Bertz CT molecular complexity index is 384. The molecule has 1 saturated heterocycles. The quantitative estimate of drug-likeness (QED) is 0.771. The summed E-state index contributed by atoms with van der Waals surface area (Å²) in [4.78, 5) is 38.5. The van der Waals surface area contributed by atoms with Crippen LogP contribution in [0.3, 0.4) is 0 Å². The number of esters is 1. The average Bonchev–Trinajstić information content (AvgIpc) is 2.69. The first-order valence-electron chi connectivity index (χ1n) is 7.34. The van der Waals surface area contributed by atoms with Gasteiger partial charge in [0.05, 0.1) is 13.5 Å². The Labute approximate surface area is 125 Å². The van der Waals surface area contributed by atoms with E-state index in [2.05, 4.69) is 10.1 Å². The van der Waals surface area contributed by atoms with Crippen molar-refractivity contribution in [1.29, 1.82) is 0 Å². The number of carbonyl (C=O) groups excluding carboxylic acids is 3. The summed E-state index contributed by atoms with van der Waals surface area (Å²) < 4.78 is 4.53. The van der Waals surface area contributed by atoms with Crippen molar-refractivity contribution in [3.05, 3.63) is 0 Å². The van der Waals surface area contributed by atoms with E-state index < -0.39 is 0 Å². The molecule has 0 saturated carbocycles. The second kappa shape index (κ2) is 8.49. The first-order valence-corrected chi connectivity index (χ1v) is 7.34. The van der Waals surface area contributed by atoms with Crippen molar-refractivity contribution in [3.8, 4) is 0 Å². The minimum absolute atomic E-state index is 0.0634. The monoisotopic (exact) mass is 299 g/mol. The fourth-order valence-electron chi connectivity index (χ4n) is 2.18. The van der Waals surface area contributed by atoms with Gasteiger partial charge in [-0.1, -0.05) is 0 Å². The van der Waals surface area contributed by atoms with Crippen molar-refractivity contribution in [2.75, 3.05) is 33.3 Å². The minimum atomic E-state index is -0.379. The summed E-state index contributed by atoms with van der Waals surface area (Å²) in [5.74, 6) is -0.442. The van der Waals surface area contributed by atoms with Crippen LogP contribution in [0.2, 0.25) is 0 Å². The Morgan fingerprint density at radius 1 is 1.05 bits per heavy atom. The van der Waals surface area contributed by atoms with Crippen molar-refractivity contribution >= 4 is 17.9 Å². The molecule has 0 aromatic carbocycles. The molecule has 0 aliphatic carbocycles. The summed E-state index contributed by atoms with van der Waals surface area (Å²) >= 11 is 0. The van der Waals surface area contributed by atoms with E-state index in [0.717, 1.165) is 6.42 Å². The van der Waals surface area contributed by atoms with E-state index in [-0.39, 0.29) is 36.8 Å². The van der Waals surface area contributed by atoms with Crippen molar-refractivity contribution in [1.82, 2.24) is 15.1 Å². The van der Waals surface area contributed by atoms with Gasteiger partial charge < -0.3 is 19.9 Å². The third-order valence-electron chi connectivity index (χ3n) is 3.32. The van der Waals surface area contributed by atoms with Gasteiger partial charge in [0.1, 0.15) is 0 Å². The third kappa shape index (κ3) is 6.01. The fraction of sp³-hybridized carbons (Fsp3) is 0.786. The summed E-state index contributed by atoms with van der Waals surface area (Å²) in [6, 6.07) is 0.00686. The number of rotatable bonds is 4. The first kappa shape index (κ1) is 17.3. The molecule has 1 aliphatic heterocycles. The van der Waals surface area contributed by atoms with Gasteiger partial charge in [0.25, 0.3) is 0 Å². The smallest absolute Gasteiger partial charge is 0.317 e. The number of methoxy groups -OCH3 is 1. The topological polar surface area (TPSA) is 79.0 Å². The van der Waals surface area contributed by atoms with Crippen molar-refractivity contribution in [2.45, 2.75) is 39.2 Å². The molecule has 0 unspecified atom stereocenters. The summed E-state index contributed by atoms with van der Waals surface area (Å²) in [6.07, 6.45) is 1.00. The van der Waals surface area contributed by atoms with Crippen LogP contribution in [-0.4, -0.2) is 67.0 Å². The Morgan fingerprint density at radius 2 is 1.67 bits per heavy atom. The lowest BCUT2D eigenvalue weighted by Crippen LogP contribution is -2.44. The molecule has 3 amide bonds. The molecule has 7 nitrogen and oxygen atoms in total. The molecule has 0 aromatic heterocycles. The molecule has 0 bridgehead atoms. The molecule has 1 rings (SSSR count). The van der Waals surface area contributed by atoms with Crippen LogP contribution >= 0.6 is 0 Å². The van der Waals surface area contributed by atoms with Crippen LogP contribution in [0.5, 0.6) is 0 Å². The van der Waals surface area contributed by atoms with Crippen LogP contribution in [0.15, 0.2) is 0 Å². The molecule has 21 heavy (non-hydrogen) atoms. The highest BCUT2D eigenvalue weighted by atomic mass is 16.5. The zero-order chi connectivity index (χ0) is 15.8. The van der Waals surface area contributed by atoms with Crippen molar-refractivity contribution in [3.63, 3.8) is 0 Å². The van der Waals surface area contributed by atoms with Gasteiger partial charge in [-0.15, -0.1) is 0 Å². The van der Waals surface area contributed by atoms with Crippen molar-refractivity contribution < 1.29 is 19.1 Å². The van der Waals surface area contributed by atoms with Crippen LogP contribution in [0, 0.1) is 0 Å². The van der Waals surface area contributed by atoms with Crippen LogP contribution in [0.25, 0.3) is 0 Å². The van der Waals surface area contributed by atoms with E-state index in [1.165, 1.54) is 7.11 Å². The number of urea groups is 1. The largest absolute Gasteiger partial charge is 0.469 e. The molecule has 0 aromatic rings. The van der Waals surface area contributed by atoms with Gasteiger partial charge in [-0.2, -0.15) is 0 Å². The predicted octanol–water partition coefficient (Wildman–Crippen LogP) is 0.592. The van der Waals surface area contributed by atoms with Crippen LogP contribution in [-0.2, 0) is 14.3 Å². The van der Waals surface area contributed by atoms with Crippen LogP contribution in [0.4, 0.5) is 4.79 Å². The Morgan fingerprint density at radius 3 is 2.29 bits per heavy atom. The van der Waals surface area contributed by atoms with E-state index in [4.69, 9.17) is 0 Å². The minimum Gasteiger partial charge on any atom is -0.469 e. The normalized spacial score (nSPS) is 15.6. The molecule has 0 spiro atoms. The molecular formula is C14H25N3O4. The second-order valence-electron chi connectivity index (χ2n) is 5.40. The highest BCUT2D eigenvalue weighted by Gasteiger charge is 2.22. The number of amides is 3. The van der Waals surface area contributed by atoms with Crippen molar-refractivity contribution in [2.24, 2.45) is 0 Å². The zero-order valence-electron chi connectivity index (χ0n) is 13.1. The fourth-order valence-corrected chi connectivity index (χ4v) is 2.18. The highest BCUT2D eigenvalue weighted by molar-refractivity contribution is 5.81. The van der Waals surface area contributed by atoms with E-state index in [0.29, 0.717) is 26.2 Å². The van der Waals surface area contributed by atoms with E-state index in [9.17, 15) is 14.4 Å². The summed E-state index contributed by atoms with van der Waals surface area (Å²) in [7, 11) is 1.31. The molecule has 1 fully saturated rings. The molecule has 120 valence electrons. The summed E-state index contributed by atoms with van der Waals surface area (Å²) in [6.45, 7) is 6.11. The van der Waals surface area contributed by atoms with Gasteiger partial charge in [-0.3, -0.25) is 9.59 Å². The van der Waals surface area contributed by atoms with Gasteiger partial charge in [0.15, 0.2) is 0 Å². The number of nitrogens with zero attached hydrogens (tertiary/aromatic N) is 2. The first-order chi connectivity index (χ1) is 9.93. The number of ether oxygens (including phenoxy) is 1. The van der Waals surface area contributed by atoms with Gasteiger partial charge in [0, 0.05) is 38.6 Å². The maximum atomic E-state index is 12.0. The highest BCUT2D eigenvalue weighted by Crippen LogP contribution is 2.07. The number of hydrogen-bond acceptors (Lipinski definition) is 4. The molecule has 7 heteroatoms. The molecule has 1 N–H and O–H groups in total. The number of hydrogen-bond donors (Lipinski definition) is 1. The predicted molar refractivity (Wildman–Crippen MR) is 77.7 cm³/mol. The van der Waals surface area contributed by atoms with Gasteiger partial charge in [-0.05, 0) is 20.3 Å². The number of carbonyl (C=O) groups is 3. The maximum absolute atomic E-state index is 12.0. The molecule has 0 atom stereocenters. The molecular weight excluding hydrogens is 274 g/mol. The van der Waals surface area contributed by atoms with E-state index >= 15 is 0 Å². The third-order valence-corrected chi connectivity index (χ3v) is 3.32. The van der Waals surface area contributed by atoms with Gasteiger partial charge >= 0.3 is 12.0 Å². The molecule has 0 radical (unpaired) electrons. The second-order valence-corrected chi connectivity index (χ2v) is 5.40.